The van der Waals surface area contributed by atoms with Gasteiger partial charge in [-0.2, -0.15) is 9.40 Å². The van der Waals surface area contributed by atoms with Gasteiger partial charge in [0.05, 0.1) is 10.6 Å². The number of anilines is 3. The minimum Gasteiger partial charge on any atom is -0.352 e. The second kappa shape index (κ2) is 9.20. The summed E-state index contributed by atoms with van der Waals surface area (Å²) in [5.74, 6) is 2.02. The molecule has 174 valence electrons. The first-order valence-electron chi connectivity index (χ1n) is 10.9. The molecule has 1 N–H and O–H groups in total. The van der Waals surface area contributed by atoms with Crippen LogP contribution < -0.4 is 10.2 Å². The minimum atomic E-state index is -3.57. The largest absolute Gasteiger partial charge is 0.352 e. The Balaban J connectivity index is 1.21. The van der Waals surface area contributed by atoms with Crippen molar-refractivity contribution in [3.63, 3.8) is 0 Å². The van der Waals surface area contributed by atoms with Gasteiger partial charge in [0.25, 0.3) is 0 Å². The molecule has 0 aliphatic carbocycles. The lowest BCUT2D eigenvalue weighted by Gasteiger charge is -2.34. The van der Waals surface area contributed by atoms with Crippen molar-refractivity contribution in [1.29, 1.82) is 0 Å². The van der Waals surface area contributed by atoms with E-state index in [4.69, 9.17) is 0 Å². The number of nitrogens with zero attached hydrogens (tertiary/aromatic N) is 7. The summed E-state index contributed by atoms with van der Waals surface area (Å²) in [6.07, 6.45) is 3.49. The topological polar surface area (TPSA) is 109 Å². The number of rotatable bonds is 6. The van der Waals surface area contributed by atoms with Crippen molar-refractivity contribution >= 4 is 27.5 Å². The summed E-state index contributed by atoms with van der Waals surface area (Å²) in [6.45, 7) is 3.74. The lowest BCUT2D eigenvalue weighted by Crippen LogP contribution is -2.49. The average Bonchev–Trinajstić information content (AvgIpc) is 3.40. The van der Waals surface area contributed by atoms with Gasteiger partial charge >= 0.3 is 0 Å². The van der Waals surface area contributed by atoms with Gasteiger partial charge in [-0.15, -0.1) is 10.2 Å². The monoisotopic (exact) mass is 476 g/mol. The molecule has 34 heavy (non-hydrogen) atoms. The molecule has 4 heterocycles. The van der Waals surface area contributed by atoms with Gasteiger partial charge in [-0.05, 0) is 61.5 Å². The van der Waals surface area contributed by atoms with Crippen LogP contribution in [0.25, 0.3) is 5.69 Å². The molecule has 0 amide bonds. The quantitative estimate of drug-likeness (QED) is 0.452. The lowest BCUT2D eigenvalue weighted by atomic mass is 10.3. The number of nitrogens with one attached hydrogen (secondary N) is 1. The van der Waals surface area contributed by atoms with Gasteiger partial charge in [-0.25, -0.2) is 18.1 Å². The van der Waals surface area contributed by atoms with Gasteiger partial charge in [0.15, 0.2) is 11.6 Å². The van der Waals surface area contributed by atoms with Crippen LogP contribution in [0.15, 0.2) is 78.0 Å². The van der Waals surface area contributed by atoms with Crippen molar-refractivity contribution in [3.05, 3.63) is 78.8 Å². The molecule has 10 nitrogen and oxygen atoms in total. The van der Waals surface area contributed by atoms with Crippen LogP contribution in [0.5, 0.6) is 0 Å². The van der Waals surface area contributed by atoms with E-state index in [0.717, 1.165) is 11.4 Å². The molecule has 0 spiro atoms. The Labute approximate surface area is 197 Å². The fourth-order valence-electron chi connectivity index (χ4n) is 3.80. The Morgan fingerprint density at radius 1 is 0.853 bits per heavy atom. The van der Waals surface area contributed by atoms with Gasteiger partial charge in [0.2, 0.25) is 10.0 Å². The van der Waals surface area contributed by atoms with E-state index in [-0.39, 0.29) is 4.90 Å². The van der Waals surface area contributed by atoms with Crippen molar-refractivity contribution in [2.75, 3.05) is 36.4 Å². The third kappa shape index (κ3) is 4.61. The SMILES string of the molecule is Cc1cccc(Nc2ccc(N3CCN(S(=O)(=O)c4ccc(-n5cccn5)cc4)CC3)nn2)n1. The normalized spacial score (nSPS) is 14.8. The number of aromatic nitrogens is 5. The number of piperazine rings is 1. The zero-order chi connectivity index (χ0) is 23.5. The number of hydrogen-bond donors (Lipinski definition) is 1. The first-order chi connectivity index (χ1) is 16.5. The molecule has 0 unspecified atom stereocenters. The Hall–Kier alpha value is -3.83. The Kier molecular flexibility index (Phi) is 5.95. The van der Waals surface area contributed by atoms with Gasteiger partial charge in [-0.1, -0.05) is 6.07 Å². The van der Waals surface area contributed by atoms with Crippen LogP contribution in [-0.2, 0) is 10.0 Å². The van der Waals surface area contributed by atoms with E-state index in [1.54, 1.807) is 35.1 Å². The predicted molar refractivity (Wildman–Crippen MR) is 129 cm³/mol. The number of pyridine rings is 1. The van der Waals surface area contributed by atoms with Gasteiger partial charge in [0, 0.05) is 44.3 Å². The average molecular weight is 477 g/mol. The lowest BCUT2D eigenvalue weighted by molar-refractivity contribution is 0.383. The highest BCUT2D eigenvalue weighted by Gasteiger charge is 2.29. The maximum atomic E-state index is 13.1. The molecule has 1 saturated heterocycles. The molecule has 4 aromatic rings. The molecule has 0 bridgehead atoms. The van der Waals surface area contributed by atoms with E-state index in [1.807, 2.05) is 54.4 Å². The van der Waals surface area contributed by atoms with E-state index in [0.29, 0.717) is 43.6 Å². The van der Waals surface area contributed by atoms with Crippen LogP contribution in [0.1, 0.15) is 5.69 Å². The highest BCUT2D eigenvalue weighted by atomic mass is 32.2. The summed E-state index contributed by atoms with van der Waals surface area (Å²) in [5.41, 5.74) is 1.72. The Bertz CT molecular complexity index is 1350. The fraction of sp³-hybridized carbons (Fsp3) is 0.217. The summed E-state index contributed by atoms with van der Waals surface area (Å²) >= 11 is 0. The minimum absolute atomic E-state index is 0.275. The molecule has 1 aliphatic rings. The maximum Gasteiger partial charge on any atom is 0.243 e. The molecule has 1 aromatic carbocycles. The van der Waals surface area contributed by atoms with Crippen molar-refractivity contribution < 1.29 is 8.42 Å². The summed E-state index contributed by atoms with van der Waals surface area (Å²) < 4.78 is 29.4. The zero-order valence-corrected chi connectivity index (χ0v) is 19.4. The third-order valence-corrected chi connectivity index (χ3v) is 7.51. The third-order valence-electron chi connectivity index (χ3n) is 5.60. The Morgan fingerprint density at radius 3 is 2.29 bits per heavy atom. The molecule has 1 fully saturated rings. The highest BCUT2D eigenvalue weighted by Crippen LogP contribution is 2.22. The van der Waals surface area contributed by atoms with Crippen molar-refractivity contribution in [2.45, 2.75) is 11.8 Å². The second-order valence-corrected chi connectivity index (χ2v) is 9.84. The number of aryl methyl sites for hydroxylation is 1. The van der Waals surface area contributed by atoms with Gasteiger partial charge in [-0.3, -0.25) is 0 Å². The van der Waals surface area contributed by atoms with E-state index in [1.165, 1.54) is 4.31 Å². The van der Waals surface area contributed by atoms with E-state index in [9.17, 15) is 8.42 Å². The first kappa shape index (κ1) is 22.0. The molecule has 1 aliphatic heterocycles. The van der Waals surface area contributed by atoms with Crippen LogP contribution in [0.3, 0.4) is 0 Å². The standard InChI is InChI=1S/C23H24N8O2S/c1-18-4-2-5-21(25-18)26-22-10-11-23(28-27-22)29-14-16-30(17-15-29)34(32,33)20-8-6-19(7-9-20)31-13-3-12-24-31/h2-13H,14-17H2,1H3,(H,25,26,27). The zero-order valence-electron chi connectivity index (χ0n) is 18.6. The molecular formula is C23H24N8O2S. The maximum absolute atomic E-state index is 13.1. The van der Waals surface area contributed by atoms with Crippen molar-refractivity contribution in [3.8, 4) is 5.69 Å². The molecule has 3 aromatic heterocycles. The van der Waals surface area contributed by atoms with Crippen LogP contribution >= 0.6 is 0 Å². The summed E-state index contributed by atoms with van der Waals surface area (Å²) in [5, 5.41) is 15.9. The van der Waals surface area contributed by atoms with Crippen LogP contribution in [-0.4, -0.2) is 63.9 Å². The van der Waals surface area contributed by atoms with Gasteiger partial charge in [0.1, 0.15) is 5.82 Å². The van der Waals surface area contributed by atoms with Crippen molar-refractivity contribution in [1.82, 2.24) is 29.3 Å². The number of benzene rings is 1. The predicted octanol–water partition coefficient (Wildman–Crippen LogP) is 2.62. The smallest absolute Gasteiger partial charge is 0.243 e. The van der Waals surface area contributed by atoms with Crippen LogP contribution in [0, 0.1) is 6.92 Å². The van der Waals surface area contributed by atoms with Crippen molar-refractivity contribution in [2.24, 2.45) is 0 Å². The number of hydrogen-bond acceptors (Lipinski definition) is 8. The highest BCUT2D eigenvalue weighted by molar-refractivity contribution is 7.89. The Morgan fingerprint density at radius 2 is 1.65 bits per heavy atom. The van der Waals surface area contributed by atoms with E-state index >= 15 is 0 Å². The van der Waals surface area contributed by atoms with Crippen LogP contribution in [0.2, 0.25) is 0 Å². The number of sulfonamides is 1. The molecule has 0 saturated carbocycles. The molecule has 11 heteroatoms. The van der Waals surface area contributed by atoms with Gasteiger partial charge < -0.3 is 10.2 Å². The summed E-state index contributed by atoms with van der Waals surface area (Å²) in [4.78, 5) is 6.71. The van der Waals surface area contributed by atoms with Crippen LogP contribution in [0.4, 0.5) is 17.5 Å². The summed E-state index contributed by atoms with van der Waals surface area (Å²) in [6, 6.07) is 18.0. The molecular weight excluding hydrogens is 452 g/mol. The van der Waals surface area contributed by atoms with E-state index < -0.39 is 10.0 Å². The molecule has 0 atom stereocenters. The molecule has 0 radical (unpaired) electrons. The first-order valence-corrected chi connectivity index (χ1v) is 12.3. The molecule has 5 rings (SSSR count). The van der Waals surface area contributed by atoms with E-state index in [2.05, 4.69) is 25.6 Å². The fourth-order valence-corrected chi connectivity index (χ4v) is 5.23. The summed E-state index contributed by atoms with van der Waals surface area (Å²) in [7, 11) is -3.57. The second-order valence-electron chi connectivity index (χ2n) is 7.90.